The minimum atomic E-state index is -0.877. The number of hydrogen-bond acceptors (Lipinski definition) is 6. The highest BCUT2D eigenvalue weighted by molar-refractivity contribution is 5.85. The number of rotatable bonds is 7. The van der Waals surface area contributed by atoms with Crippen molar-refractivity contribution in [2.75, 3.05) is 11.9 Å². The number of hydrogen-bond donors (Lipinski definition) is 2. The predicted molar refractivity (Wildman–Crippen MR) is 86.9 cm³/mol. The van der Waals surface area contributed by atoms with Crippen molar-refractivity contribution in [2.45, 2.75) is 52.4 Å². The first-order chi connectivity index (χ1) is 10.8. The van der Waals surface area contributed by atoms with E-state index in [1.54, 1.807) is 52.0 Å². The van der Waals surface area contributed by atoms with E-state index in [1.807, 2.05) is 0 Å². The standard InChI is InChI=1S/C17H25NO5/c1-5-22-16(21)14(10-15(20)23-17(2,3)4)18-13-9-7-6-8-12(13)11-19/h6-9,14,18-19H,5,10-11H2,1-4H3. The third-order valence-electron chi connectivity index (χ3n) is 2.88. The Hall–Kier alpha value is -2.08. The van der Waals surface area contributed by atoms with Crippen molar-refractivity contribution in [3.05, 3.63) is 29.8 Å². The highest BCUT2D eigenvalue weighted by Gasteiger charge is 2.27. The zero-order valence-electron chi connectivity index (χ0n) is 14.1. The molecule has 0 bridgehead atoms. The molecule has 1 aromatic carbocycles. The van der Waals surface area contributed by atoms with E-state index in [0.29, 0.717) is 11.3 Å². The van der Waals surface area contributed by atoms with Gasteiger partial charge in [-0.2, -0.15) is 0 Å². The molecule has 23 heavy (non-hydrogen) atoms. The van der Waals surface area contributed by atoms with Gasteiger partial charge in [-0.15, -0.1) is 0 Å². The monoisotopic (exact) mass is 323 g/mol. The molecule has 0 aromatic heterocycles. The first-order valence-corrected chi connectivity index (χ1v) is 7.60. The van der Waals surface area contributed by atoms with E-state index in [9.17, 15) is 14.7 Å². The molecular formula is C17H25NO5. The van der Waals surface area contributed by atoms with Gasteiger partial charge in [-0.25, -0.2) is 4.79 Å². The second-order valence-corrected chi connectivity index (χ2v) is 6.05. The highest BCUT2D eigenvalue weighted by Crippen LogP contribution is 2.18. The molecule has 0 amide bonds. The SMILES string of the molecule is CCOC(=O)C(CC(=O)OC(C)(C)C)Nc1ccccc1CO. The van der Waals surface area contributed by atoms with Gasteiger partial charge in [0.25, 0.3) is 0 Å². The lowest BCUT2D eigenvalue weighted by Crippen LogP contribution is -2.36. The lowest BCUT2D eigenvalue weighted by atomic mass is 10.1. The fourth-order valence-corrected chi connectivity index (χ4v) is 1.97. The van der Waals surface area contributed by atoms with Crippen LogP contribution in [0.1, 0.15) is 39.7 Å². The average molecular weight is 323 g/mol. The van der Waals surface area contributed by atoms with Crippen LogP contribution in [0.15, 0.2) is 24.3 Å². The Morgan fingerprint density at radius 3 is 2.48 bits per heavy atom. The summed E-state index contributed by atoms with van der Waals surface area (Å²) >= 11 is 0. The summed E-state index contributed by atoms with van der Waals surface area (Å²) in [4.78, 5) is 24.1. The molecule has 2 N–H and O–H groups in total. The lowest BCUT2D eigenvalue weighted by molar-refractivity contribution is -0.158. The molecule has 0 saturated heterocycles. The lowest BCUT2D eigenvalue weighted by Gasteiger charge is -2.23. The maximum atomic E-state index is 12.1. The number of carbonyl (C=O) groups excluding carboxylic acids is 2. The van der Waals surface area contributed by atoms with Crippen LogP contribution in [0, 0.1) is 0 Å². The fraction of sp³-hybridized carbons (Fsp3) is 0.529. The third-order valence-corrected chi connectivity index (χ3v) is 2.88. The molecular weight excluding hydrogens is 298 g/mol. The van der Waals surface area contributed by atoms with Gasteiger partial charge >= 0.3 is 11.9 Å². The van der Waals surface area contributed by atoms with Crippen LogP contribution < -0.4 is 5.32 Å². The quantitative estimate of drug-likeness (QED) is 0.749. The molecule has 0 aliphatic carbocycles. The Kier molecular flexibility index (Phi) is 7.03. The number of esters is 2. The Labute approximate surface area is 136 Å². The van der Waals surface area contributed by atoms with Crippen LogP contribution in [0.5, 0.6) is 0 Å². The van der Waals surface area contributed by atoms with Gasteiger partial charge in [-0.05, 0) is 33.8 Å². The smallest absolute Gasteiger partial charge is 0.329 e. The molecule has 0 spiro atoms. The minimum absolute atomic E-state index is 0.157. The van der Waals surface area contributed by atoms with Gasteiger partial charge in [0, 0.05) is 11.3 Å². The van der Waals surface area contributed by atoms with Gasteiger partial charge in [0.15, 0.2) is 0 Å². The fourth-order valence-electron chi connectivity index (χ4n) is 1.97. The first kappa shape index (κ1) is 19.0. The van der Waals surface area contributed by atoms with E-state index >= 15 is 0 Å². The van der Waals surface area contributed by atoms with Gasteiger partial charge in [-0.1, -0.05) is 18.2 Å². The van der Waals surface area contributed by atoms with Crippen molar-refractivity contribution in [1.29, 1.82) is 0 Å². The minimum Gasteiger partial charge on any atom is -0.464 e. The summed E-state index contributed by atoms with van der Waals surface area (Å²) in [5.41, 5.74) is 0.585. The van der Waals surface area contributed by atoms with Crippen LogP contribution >= 0.6 is 0 Å². The van der Waals surface area contributed by atoms with Crippen LogP contribution in [-0.4, -0.2) is 35.3 Å². The molecule has 1 atom stereocenters. The summed E-state index contributed by atoms with van der Waals surface area (Å²) < 4.78 is 10.3. The summed E-state index contributed by atoms with van der Waals surface area (Å²) in [5.74, 6) is -1.03. The van der Waals surface area contributed by atoms with E-state index in [-0.39, 0.29) is 19.6 Å². The molecule has 1 unspecified atom stereocenters. The topological polar surface area (TPSA) is 84.9 Å². The molecule has 6 nitrogen and oxygen atoms in total. The zero-order valence-corrected chi connectivity index (χ0v) is 14.1. The Morgan fingerprint density at radius 2 is 1.91 bits per heavy atom. The number of nitrogens with one attached hydrogen (secondary N) is 1. The van der Waals surface area contributed by atoms with Gasteiger partial charge in [0.2, 0.25) is 0 Å². The molecule has 0 fully saturated rings. The van der Waals surface area contributed by atoms with E-state index in [2.05, 4.69) is 5.32 Å². The van der Waals surface area contributed by atoms with Crippen LogP contribution in [0.2, 0.25) is 0 Å². The normalized spacial score (nSPS) is 12.4. The van der Waals surface area contributed by atoms with Gasteiger partial charge in [-0.3, -0.25) is 4.79 Å². The second kappa shape index (κ2) is 8.53. The molecule has 0 saturated carbocycles. The number of carbonyl (C=O) groups is 2. The van der Waals surface area contributed by atoms with Gasteiger partial charge < -0.3 is 19.9 Å². The Morgan fingerprint density at radius 1 is 1.26 bits per heavy atom. The van der Waals surface area contributed by atoms with Crippen molar-refractivity contribution in [3.63, 3.8) is 0 Å². The van der Waals surface area contributed by atoms with E-state index in [4.69, 9.17) is 9.47 Å². The highest BCUT2D eigenvalue weighted by atomic mass is 16.6. The number of aliphatic hydroxyl groups is 1. The average Bonchev–Trinajstić information content (AvgIpc) is 2.45. The van der Waals surface area contributed by atoms with Gasteiger partial charge in [0.05, 0.1) is 19.6 Å². The van der Waals surface area contributed by atoms with Crippen LogP contribution in [-0.2, 0) is 25.7 Å². The second-order valence-electron chi connectivity index (χ2n) is 6.05. The Bertz CT molecular complexity index is 536. The molecule has 6 heteroatoms. The number of benzene rings is 1. The molecule has 1 rings (SSSR count). The third kappa shape index (κ3) is 6.69. The largest absolute Gasteiger partial charge is 0.464 e. The number of anilines is 1. The predicted octanol–water partition coefficient (Wildman–Crippen LogP) is 2.25. The van der Waals surface area contributed by atoms with E-state index in [1.165, 1.54) is 0 Å². The van der Waals surface area contributed by atoms with Gasteiger partial charge in [0.1, 0.15) is 11.6 Å². The van der Waals surface area contributed by atoms with Crippen LogP contribution in [0.25, 0.3) is 0 Å². The molecule has 1 aromatic rings. The molecule has 0 radical (unpaired) electrons. The summed E-state index contributed by atoms with van der Waals surface area (Å²) in [6.07, 6.45) is -0.157. The zero-order chi connectivity index (χ0) is 17.5. The summed E-state index contributed by atoms with van der Waals surface area (Å²) in [6.45, 7) is 7.03. The molecule has 0 aliphatic heterocycles. The van der Waals surface area contributed by atoms with Crippen molar-refractivity contribution >= 4 is 17.6 Å². The van der Waals surface area contributed by atoms with Crippen LogP contribution in [0.3, 0.4) is 0 Å². The molecule has 128 valence electrons. The van der Waals surface area contributed by atoms with Crippen LogP contribution in [0.4, 0.5) is 5.69 Å². The maximum absolute atomic E-state index is 12.1. The van der Waals surface area contributed by atoms with Crippen molar-refractivity contribution in [2.24, 2.45) is 0 Å². The summed E-state index contributed by atoms with van der Waals surface area (Å²) in [5, 5.41) is 12.3. The number of para-hydroxylation sites is 1. The molecule has 0 heterocycles. The summed E-state index contributed by atoms with van der Waals surface area (Å²) in [7, 11) is 0. The van der Waals surface area contributed by atoms with Crippen molar-refractivity contribution in [1.82, 2.24) is 0 Å². The first-order valence-electron chi connectivity index (χ1n) is 7.60. The van der Waals surface area contributed by atoms with Crippen molar-refractivity contribution < 1.29 is 24.2 Å². The van der Waals surface area contributed by atoms with Crippen molar-refractivity contribution in [3.8, 4) is 0 Å². The summed E-state index contributed by atoms with van der Waals surface area (Å²) in [6, 6.07) is 6.14. The van der Waals surface area contributed by atoms with E-state index in [0.717, 1.165) is 0 Å². The van der Waals surface area contributed by atoms with E-state index < -0.39 is 23.6 Å². The number of ether oxygens (including phenoxy) is 2. The molecule has 0 aliphatic rings. The number of aliphatic hydroxyl groups excluding tert-OH is 1. The Balaban J connectivity index is 2.88. The maximum Gasteiger partial charge on any atom is 0.329 e.